The number of methoxy groups -OCH3 is 1. The molecule has 1 aliphatic heterocycles. The summed E-state index contributed by atoms with van der Waals surface area (Å²) in [4.78, 5) is 24.9. The van der Waals surface area contributed by atoms with Crippen molar-refractivity contribution in [3.8, 4) is 22.7 Å². The van der Waals surface area contributed by atoms with E-state index >= 15 is 0 Å². The van der Waals surface area contributed by atoms with Gasteiger partial charge in [0.15, 0.2) is 5.76 Å². The van der Waals surface area contributed by atoms with Crippen LogP contribution in [0.5, 0.6) is 5.75 Å². The van der Waals surface area contributed by atoms with E-state index in [2.05, 4.69) is 0 Å². The Morgan fingerprint density at radius 1 is 1.06 bits per heavy atom. The SMILES string of the molecule is COC(=O)c1ccc2c(c1)C(=O)/C(=C/c1cn(-c3ccccc3)nc1-c1ccc(Cl)cc1)O2. The summed E-state index contributed by atoms with van der Waals surface area (Å²) in [5, 5.41) is 5.36. The van der Waals surface area contributed by atoms with Crippen molar-refractivity contribution in [2.24, 2.45) is 0 Å². The van der Waals surface area contributed by atoms with Crippen molar-refractivity contribution in [3.05, 3.63) is 106 Å². The van der Waals surface area contributed by atoms with Crippen LogP contribution < -0.4 is 4.74 Å². The van der Waals surface area contributed by atoms with Crippen LogP contribution in [0.25, 0.3) is 23.0 Å². The van der Waals surface area contributed by atoms with Gasteiger partial charge in [-0.1, -0.05) is 41.9 Å². The molecule has 0 N–H and O–H groups in total. The second kappa shape index (κ2) is 8.41. The van der Waals surface area contributed by atoms with Gasteiger partial charge in [-0.05, 0) is 48.5 Å². The first-order valence-corrected chi connectivity index (χ1v) is 10.5. The maximum Gasteiger partial charge on any atom is 0.337 e. The maximum atomic E-state index is 13.0. The van der Waals surface area contributed by atoms with Gasteiger partial charge in [0.25, 0.3) is 0 Å². The zero-order chi connectivity index (χ0) is 22.9. The third-order valence-electron chi connectivity index (χ3n) is 5.26. The fraction of sp³-hybridized carbons (Fsp3) is 0.0385. The number of nitrogens with zero attached hydrogens (tertiary/aromatic N) is 2. The molecule has 0 unspecified atom stereocenters. The first-order chi connectivity index (χ1) is 16.0. The lowest BCUT2D eigenvalue weighted by Crippen LogP contribution is -2.03. The number of allylic oxidation sites excluding steroid dienone is 1. The topological polar surface area (TPSA) is 70.4 Å². The highest BCUT2D eigenvalue weighted by Gasteiger charge is 2.29. The van der Waals surface area contributed by atoms with Crippen LogP contribution in [0.4, 0.5) is 0 Å². The number of rotatable bonds is 4. The van der Waals surface area contributed by atoms with Gasteiger partial charge in [-0.25, -0.2) is 9.48 Å². The molecule has 33 heavy (non-hydrogen) atoms. The third kappa shape index (κ3) is 3.92. The van der Waals surface area contributed by atoms with Crippen LogP contribution in [0.1, 0.15) is 26.3 Å². The molecule has 0 saturated carbocycles. The van der Waals surface area contributed by atoms with E-state index in [4.69, 9.17) is 26.2 Å². The third-order valence-corrected chi connectivity index (χ3v) is 5.51. The smallest absolute Gasteiger partial charge is 0.337 e. The molecular weight excluding hydrogens is 440 g/mol. The van der Waals surface area contributed by atoms with E-state index in [0.717, 1.165) is 11.3 Å². The van der Waals surface area contributed by atoms with Crippen LogP contribution in [-0.4, -0.2) is 28.6 Å². The minimum atomic E-state index is -0.516. The summed E-state index contributed by atoms with van der Waals surface area (Å²) < 4.78 is 12.3. The molecule has 0 radical (unpaired) electrons. The molecule has 0 saturated heterocycles. The van der Waals surface area contributed by atoms with Crippen LogP contribution in [-0.2, 0) is 4.74 Å². The quantitative estimate of drug-likeness (QED) is 0.295. The molecule has 1 aromatic heterocycles. The number of carbonyl (C=O) groups is 2. The van der Waals surface area contributed by atoms with Gasteiger partial charge in [0.05, 0.1) is 23.9 Å². The van der Waals surface area contributed by atoms with E-state index in [-0.39, 0.29) is 17.1 Å². The summed E-state index contributed by atoms with van der Waals surface area (Å²) in [6.07, 6.45) is 3.50. The van der Waals surface area contributed by atoms with Crippen LogP contribution in [0.15, 0.2) is 84.8 Å². The van der Waals surface area contributed by atoms with Crippen molar-refractivity contribution in [3.63, 3.8) is 0 Å². The monoisotopic (exact) mass is 456 g/mol. The molecule has 162 valence electrons. The van der Waals surface area contributed by atoms with Gasteiger partial charge in [-0.3, -0.25) is 4.79 Å². The van der Waals surface area contributed by atoms with Gasteiger partial charge in [-0.2, -0.15) is 5.10 Å². The maximum absolute atomic E-state index is 13.0. The second-order valence-corrected chi connectivity index (χ2v) is 7.80. The largest absolute Gasteiger partial charge is 0.465 e. The van der Waals surface area contributed by atoms with Gasteiger partial charge in [0.2, 0.25) is 5.78 Å². The zero-order valence-electron chi connectivity index (χ0n) is 17.5. The molecule has 2 heterocycles. The van der Waals surface area contributed by atoms with E-state index in [9.17, 15) is 9.59 Å². The number of carbonyl (C=O) groups excluding carboxylic acids is 2. The minimum Gasteiger partial charge on any atom is -0.465 e. The number of hydrogen-bond donors (Lipinski definition) is 0. The first kappa shape index (κ1) is 20.7. The van der Waals surface area contributed by atoms with Crippen LogP contribution in [0, 0.1) is 0 Å². The highest BCUT2D eigenvalue weighted by atomic mass is 35.5. The van der Waals surface area contributed by atoms with E-state index < -0.39 is 5.97 Å². The number of esters is 1. The first-order valence-electron chi connectivity index (χ1n) is 10.1. The lowest BCUT2D eigenvalue weighted by Gasteiger charge is -2.01. The summed E-state index contributed by atoms with van der Waals surface area (Å²) in [5.74, 6) is -0.292. The number of halogens is 1. The number of ketones is 1. The summed E-state index contributed by atoms with van der Waals surface area (Å²) in [7, 11) is 1.29. The number of hydrogen-bond acceptors (Lipinski definition) is 5. The molecule has 0 aliphatic carbocycles. The molecule has 5 rings (SSSR count). The highest BCUT2D eigenvalue weighted by molar-refractivity contribution is 6.30. The van der Waals surface area contributed by atoms with Gasteiger partial charge in [0.1, 0.15) is 11.4 Å². The standard InChI is InChI=1S/C26H17ClN2O4/c1-32-26(31)17-9-12-22-21(13-17)25(30)23(33-22)14-18-15-29(20-5-3-2-4-6-20)28-24(18)16-7-10-19(27)11-8-16/h2-15H,1H3/b23-14-. The molecule has 0 bridgehead atoms. The van der Waals surface area contributed by atoms with Crippen LogP contribution in [0.2, 0.25) is 5.02 Å². The number of aromatic nitrogens is 2. The zero-order valence-corrected chi connectivity index (χ0v) is 18.2. The molecular formula is C26H17ClN2O4. The minimum absolute atomic E-state index is 0.148. The number of benzene rings is 3. The van der Waals surface area contributed by atoms with E-state index in [0.29, 0.717) is 27.6 Å². The average molecular weight is 457 g/mol. The van der Waals surface area contributed by atoms with E-state index in [1.54, 1.807) is 35.0 Å². The van der Waals surface area contributed by atoms with E-state index in [1.165, 1.54) is 13.2 Å². The molecule has 7 heteroatoms. The average Bonchev–Trinajstić information content (AvgIpc) is 3.41. The van der Waals surface area contributed by atoms with Crippen molar-refractivity contribution < 1.29 is 19.1 Å². The fourth-order valence-corrected chi connectivity index (χ4v) is 3.74. The number of fused-ring (bicyclic) bond motifs is 1. The lowest BCUT2D eigenvalue weighted by atomic mass is 10.0. The van der Waals surface area contributed by atoms with Gasteiger partial charge < -0.3 is 9.47 Å². The van der Waals surface area contributed by atoms with Gasteiger partial charge in [-0.15, -0.1) is 0 Å². The van der Waals surface area contributed by atoms with Crippen molar-refractivity contribution in [2.75, 3.05) is 7.11 Å². The summed E-state index contributed by atoms with van der Waals surface area (Å²) in [6, 6.07) is 21.6. The predicted molar refractivity (Wildman–Crippen MR) is 125 cm³/mol. The Kier molecular flexibility index (Phi) is 5.28. The van der Waals surface area contributed by atoms with Crippen molar-refractivity contribution in [1.82, 2.24) is 9.78 Å². The Morgan fingerprint density at radius 2 is 1.82 bits per heavy atom. The Morgan fingerprint density at radius 3 is 2.55 bits per heavy atom. The number of Topliss-reactive ketones (excluding diaryl/α,β-unsaturated/α-hetero) is 1. The Hall–Kier alpha value is -4.16. The molecule has 3 aromatic carbocycles. The molecule has 0 amide bonds. The van der Waals surface area contributed by atoms with Gasteiger partial charge >= 0.3 is 5.97 Å². The normalized spacial score (nSPS) is 13.6. The van der Waals surface area contributed by atoms with Gasteiger partial charge in [0, 0.05) is 22.3 Å². The predicted octanol–water partition coefficient (Wildman–Crippen LogP) is 5.60. The second-order valence-electron chi connectivity index (χ2n) is 7.36. The van der Waals surface area contributed by atoms with Crippen molar-refractivity contribution in [2.45, 2.75) is 0 Å². The number of para-hydroxylation sites is 1. The summed E-state index contributed by atoms with van der Waals surface area (Å²) in [6.45, 7) is 0. The number of ether oxygens (including phenoxy) is 2. The summed E-state index contributed by atoms with van der Waals surface area (Å²) in [5.41, 5.74) is 3.69. The Balaban J connectivity index is 1.58. The van der Waals surface area contributed by atoms with Crippen molar-refractivity contribution >= 4 is 29.4 Å². The van der Waals surface area contributed by atoms with Crippen molar-refractivity contribution in [1.29, 1.82) is 0 Å². The Labute approximate surface area is 194 Å². The van der Waals surface area contributed by atoms with E-state index in [1.807, 2.05) is 48.7 Å². The molecule has 0 spiro atoms. The molecule has 1 aliphatic rings. The summed E-state index contributed by atoms with van der Waals surface area (Å²) >= 11 is 6.06. The molecule has 0 fully saturated rings. The Bertz CT molecular complexity index is 1410. The molecule has 6 nitrogen and oxygen atoms in total. The van der Waals surface area contributed by atoms with Crippen LogP contribution >= 0.6 is 11.6 Å². The fourth-order valence-electron chi connectivity index (χ4n) is 3.61. The lowest BCUT2D eigenvalue weighted by molar-refractivity contribution is 0.0600. The van der Waals surface area contributed by atoms with Crippen LogP contribution in [0.3, 0.4) is 0 Å². The molecule has 4 aromatic rings. The highest BCUT2D eigenvalue weighted by Crippen LogP contribution is 2.34. The molecule has 0 atom stereocenters.